The van der Waals surface area contributed by atoms with E-state index in [9.17, 15) is 0 Å². The molecule has 0 spiro atoms. The summed E-state index contributed by atoms with van der Waals surface area (Å²) in [6, 6.07) is 41.6. The summed E-state index contributed by atoms with van der Waals surface area (Å²) in [5.41, 5.74) is 11.8. The van der Waals surface area contributed by atoms with Gasteiger partial charge in [-0.3, -0.25) is 15.0 Å². The van der Waals surface area contributed by atoms with E-state index in [0.29, 0.717) is 5.89 Å². The highest BCUT2D eigenvalue weighted by molar-refractivity contribution is 6.13. The first kappa shape index (κ1) is 26.0. The fraction of sp³-hybridized carbons (Fsp3) is 0. The molecule has 46 heavy (non-hydrogen) atoms. The van der Waals surface area contributed by atoms with Crippen LogP contribution < -0.4 is 0 Å². The molecule has 0 atom stereocenters. The summed E-state index contributed by atoms with van der Waals surface area (Å²) in [5, 5.41) is 2.25. The Balaban J connectivity index is 1.38. The molecule has 0 saturated carbocycles. The maximum atomic E-state index is 6.38. The largest absolute Gasteiger partial charge is 0.436 e. The Hall–Kier alpha value is -6.40. The molecule has 0 aliphatic rings. The summed E-state index contributed by atoms with van der Waals surface area (Å²) < 4.78 is 8.71. The fourth-order valence-corrected chi connectivity index (χ4v) is 6.32. The number of nitrogens with zero attached hydrogens (tertiary/aromatic N) is 5. The molecule has 9 rings (SSSR count). The van der Waals surface area contributed by atoms with Crippen molar-refractivity contribution in [3.05, 3.63) is 152 Å². The van der Waals surface area contributed by atoms with Gasteiger partial charge in [-0.15, -0.1) is 0 Å². The Kier molecular flexibility index (Phi) is 6.03. The van der Waals surface area contributed by atoms with Crippen LogP contribution in [0.2, 0.25) is 0 Å². The van der Waals surface area contributed by atoms with Crippen LogP contribution in [-0.2, 0) is 0 Å². The van der Waals surface area contributed by atoms with Crippen molar-refractivity contribution in [3.63, 3.8) is 0 Å². The van der Waals surface area contributed by atoms with Crippen LogP contribution in [-0.4, -0.2) is 24.5 Å². The molecule has 6 heteroatoms. The molecule has 216 valence electrons. The van der Waals surface area contributed by atoms with Crippen molar-refractivity contribution in [3.8, 4) is 50.7 Å². The summed E-state index contributed by atoms with van der Waals surface area (Å²) in [6.45, 7) is 0. The van der Waals surface area contributed by atoms with Gasteiger partial charge in [0.25, 0.3) is 0 Å². The Bertz CT molecular complexity index is 2490. The van der Waals surface area contributed by atoms with Gasteiger partial charge in [0.15, 0.2) is 5.58 Å². The van der Waals surface area contributed by atoms with E-state index < -0.39 is 0 Å². The molecule has 6 nitrogen and oxygen atoms in total. The Morgan fingerprint density at radius 3 is 2.13 bits per heavy atom. The lowest BCUT2D eigenvalue weighted by atomic mass is 9.97. The first-order chi connectivity index (χ1) is 22.8. The molecule has 0 unspecified atom stereocenters. The van der Waals surface area contributed by atoms with E-state index in [0.717, 1.165) is 77.7 Å². The smallest absolute Gasteiger partial charge is 0.228 e. The zero-order chi connectivity index (χ0) is 30.5. The van der Waals surface area contributed by atoms with Crippen LogP contribution in [0.5, 0.6) is 0 Å². The van der Waals surface area contributed by atoms with Crippen LogP contribution in [0.1, 0.15) is 0 Å². The number of rotatable bonds is 5. The lowest BCUT2D eigenvalue weighted by Crippen LogP contribution is -1.96. The van der Waals surface area contributed by atoms with Gasteiger partial charge < -0.3 is 8.98 Å². The number of hydrogen-bond acceptors (Lipinski definition) is 5. The van der Waals surface area contributed by atoms with Crippen molar-refractivity contribution in [2.75, 3.05) is 0 Å². The molecule has 0 bridgehead atoms. The minimum absolute atomic E-state index is 0.567. The lowest BCUT2D eigenvalue weighted by molar-refractivity contribution is 0.620. The number of oxazole rings is 1. The van der Waals surface area contributed by atoms with Crippen LogP contribution in [0.4, 0.5) is 0 Å². The normalized spacial score (nSPS) is 11.5. The van der Waals surface area contributed by atoms with Gasteiger partial charge in [0.05, 0.1) is 16.7 Å². The number of hydrogen-bond donors (Lipinski definition) is 0. The minimum atomic E-state index is 0.567. The van der Waals surface area contributed by atoms with Gasteiger partial charge in [-0.05, 0) is 83.9 Å². The van der Waals surface area contributed by atoms with Gasteiger partial charge in [-0.1, -0.05) is 48.5 Å². The molecule has 4 aromatic carbocycles. The molecule has 0 aliphatic carbocycles. The van der Waals surface area contributed by atoms with Gasteiger partial charge in [0, 0.05) is 69.7 Å². The minimum Gasteiger partial charge on any atom is -0.436 e. The second-order valence-electron chi connectivity index (χ2n) is 11.2. The predicted molar refractivity (Wildman–Crippen MR) is 183 cm³/mol. The maximum Gasteiger partial charge on any atom is 0.228 e. The molecule has 0 radical (unpaired) electrons. The first-order valence-electron chi connectivity index (χ1n) is 15.1. The molecule has 0 amide bonds. The number of benzene rings is 4. The predicted octanol–water partition coefficient (Wildman–Crippen LogP) is 9.78. The van der Waals surface area contributed by atoms with E-state index in [1.807, 2.05) is 73.2 Å². The van der Waals surface area contributed by atoms with Gasteiger partial charge in [0.1, 0.15) is 5.52 Å². The topological polar surface area (TPSA) is 69.6 Å². The van der Waals surface area contributed by atoms with Crippen LogP contribution in [0.15, 0.2) is 157 Å². The fourth-order valence-electron chi connectivity index (χ4n) is 6.32. The van der Waals surface area contributed by atoms with Crippen LogP contribution >= 0.6 is 0 Å². The van der Waals surface area contributed by atoms with E-state index in [2.05, 4.69) is 86.2 Å². The number of fused-ring (bicyclic) bond motifs is 4. The number of para-hydroxylation sites is 2. The monoisotopic (exact) mass is 591 g/mol. The van der Waals surface area contributed by atoms with E-state index in [1.165, 1.54) is 0 Å². The van der Waals surface area contributed by atoms with Gasteiger partial charge >= 0.3 is 0 Å². The van der Waals surface area contributed by atoms with Crippen molar-refractivity contribution < 1.29 is 4.42 Å². The Labute approximate surface area is 264 Å². The third-order valence-electron chi connectivity index (χ3n) is 8.46. The van der Waals surface area contributed by atoms with Crippen molar-refractivity contribution in [1.82, 2.24) is 24.5 Å². The molecule has 0 aliphatic heterocycles. The summed E-state index contributed by atoms with van der Waals surface area (Å²) in [5.74, 6) is 0.567. The zero-order valence-corrected chi connectivity index (χ0v) is 24.6. The van der Waals surface area contributed by atoms with E-state index in [-0.39, 0.29) is 0 Å². The Morgan fingerprint density at radius 1 is 0.522 bits per heavy atom. The molecular formula is C40H25N5O. The second kappa shape index (κ2) is 10.6. The average Bonchev–Trinajstić information content (AvgIpc) is 3.71. The number of aromatic nitrogens is 5. The molecule has 0 fully saturated rings. The van der Waals surface area contributed by atoms with Crippen molar-refractivity contribution >= 4 is 32.9 Å². The van der Waals surface area contributed by atoms with E-state index >= 15 is 0 Å². The van der Waals surface area contributed by atoms with Crippen molar-refractivity contribution in [2.24, 2.45) is 0 Å². The molecule has 0 saturated heterocycles. The Morgan fingerprint density at radius 2 is 1.33 bits per heavy atom. The van der Waals surface area contributed by atoms with E-state index in [4.69, 9.17) is 9.40 Å². The van der Waals surface area contributed by atoms with Gasteiger partial charge in [0.2, 0.25) is 5.89 Å². The highest BCUT2D eigenvalue weighted by atomic mass is 16.3. The molecular weight excluding hydrogens is 566 g/mol. The molecule has 5 aromatic heterocycles. The molecule has 9 aromatic rings. The second-order valence-corrected chi connectivity index (χ2v) is 11.2. The summed E-state index contributed by atoms with van der Waals surface area (Å²) >= 11 is 0. The standard InChI is InChI=1S/C40H25N5O/c1-2-14-39-36(13-1)44-40(46-39)34-23-38-33(22-31(34)29-10-7-18-42-25-29)32-21-26(28-9-6-17-41-24-28)15-16-37(32)45(38)30-11-5-8-27(20-30)35-12-3-4-19-43-35/h1-25H. The third kappa shape index (κ3) is 4.35. The number of pyridine rings is 3. The van der Waals surface area contributed by atoms with Gasteiger partial charge in [-0.25, -0.2) is 4.98 Å². The molecule has 5 heterocycles. The van der Waals surface area contributed by atoms with Crippen LogP contribution in [0.25, 0.3) is 83.6 Å². The highest BCUT2D eigenvalue weighted by Crippen LogP contribution is 2.42. The lowest BCUT2D eigenvalue weighted by Gasteiger charge is -2.12. The SMILES string of the molecule is c1ccc(-c2cccc(-n3c4ccc(-c5cccnc5)cc4c4cc(-c5cccnc5)c(-c5nc6ccccc6o5)cc43)c2)nc1. The summed E-state index contributed by atoms with van der Waals surface area (Å²) in [4.78, 5) is 18.4. The van der Waals surface area contributed by atoms with Gasteiger partial charge in [-0.2, -0.15) is 0 Å². The maximum absolute atomic E-state index is 6.38. The van der Waals surface area contributed by atoms with Crippen LogP contribution in [0.3, 0.4) is 0 Å². The van der Waals surface area contributed by atoms with Crippen LogP contribution in [0, 0.1) is 0 Å². The summed E-state index contributed by atoms with van der Waals surface area (Å²) in [7, 11) is 0. The van der Waals surface area contributed by atoms with Crippen molar-refractivity contribution in [2.45, 2.75) is 0 Å². The third-order valence-corrected chi connectivity index (χ3v) is 8.46. The quantitative estimate of drug-likeness (QED) is 0.199. The van der Waals surface area contributed by atoms with Crippen molar-refractivity contribution in [1.29, 1.82) is 0 Å². The van der Waals surface area contributed by atoms with E-state index in [1.54, 1.807) is 12.4 Å². The zero-order valence-electron chi connectivity index (χ0n) is 24.6. The molecule has 0 N–H and O–H groups in total. The highest BCUT2D eigenvalue weighted by Gasteiger charge is 2.21. The average molecular weight is 592 g/mol. The summed E-state index contributed by atoms with van der Waals surface area (Å²) in [6.07, 6.45) is 9.22. The first-order valence-corrected chi connectivity index (χ1v) is 15.1.